The monoisotopic (exact) mass is 518 g/mol. The van der Waals surface area contributed by atoms with Gasteiger partial charge in [-0.2, -0.15) is 0 Å². The highest BCUT2D eigenvalue weighted by Crippen LogP contribution is 2.49. The standard InChI is InChI=1S/C20H9Br3S/c21-17-18(22)20(23)24-19(17)14-9-7-12-5-4-10-2-1-3-11-6-8-13(14)16(12)15(10)11/h1-9H. The molecule has 5 aromatic rings. The van der Waals surface area contributed by atoms with Gasteiger partial charge in [0.05, 0.1) is 17.6 Å². The van der Waals surface area contributed by atoms with Gasteiger partial charge in [0.15, 0.2) is 0 Å². The van der Waals surface area contributed by atoms with E-state index in [4.69, 9.17) is 0 Å². The van der Waals surface area contributed by atoms with Gasteiger partial charge < -0.3 is 0 Å². The predicted octanol–water partition coefficient (Wildman–Crippen LogP) is 8.60. The lowest BCUT2D eigenvalue weighted by molar-refractivity contribution is 1.71. The molecule has 1 aromatic heterocycles. The van der Waals surface area contributed by atoms with Crippen LogP contribution >= 0.6 is 59.1 Å². The molecular formula is C20H9Br3S. The van der Waals surface area contributed by atoms with E-state index >= 15 is 0 Å². The van der Waals surface area contributed by atoms with Crippen LogP contribution in [0.1, 0.15) is 0 Å². The Morgan fingerprint density at radius 1 is 0.625 bits per heavy atom. The Labute approximate surface area is 168 Å². The van der Waals surface area contributed by atoms with Crippen LogP contribution in [0.15, 0.2) is 67.3 Å². The predicted molar refractivity (Wildman–Crippen MR) is 117 cm³/mol. The summed E-state index contributed by atoms with van der Waals surface area (Å²) >= 11 is 12.8. The molecule has 116 valence electrons. The first-order valence-corrected chi connectivity index (χ1v) is 10.6. The average molecular weight is 521 g/mol. The molecule has 0 fully saturated rings. The third kappa shape index (κ3) is 2.07. The molecule has 0 saturated heterocycles. The van der Waals surface area contributed by atoms with Crippen LogP contribution in [0, 0.1) is 0 Å². The van der Waals surface area contributed by atoms with Crippen molar-refractivity contribution in [1.29, 1.82) is 0 Å². The van der Waals surface area contributed by atoms with Crippen LogP contribution in [0.5, 0.6) is 0 Å². The zero-order chi connectivity index (χ0) is 16.4. The summed E-state index contributed by atoms with van der Waals surface area (Å²) in [6.07, 6.45) is 0. The molecule has 0 aliphatic heterocycles. The summed E-state index contributed by atoms with van der Waals surface area (Å²) in [5.74, 6) is 0. The van der Waals surface area contributed by atoms with Crippen LogP contribution in [-0.4, -0.2) is 0 Å². The van der Waals surface area contributed by atoms with Gasteiger partial charge in [-0.15, -0.1) is 11.3 Å². The Morgan fingerprint density at radius 3 is 1.92 bits per heavy atom. The van der Waals surface area contributed by atoms with E-state index in [1.165, 1.54) is 42.8 Å². The third-order valence-electron chi connectivity index (χ3n) is 4.53. The summed E-state index contributed by atoms with van der Waals surface area (Å²) in [5.41, 5.74) is 1.27. The molecule has 0 radical (unpaired) electrons. The van der Waals surface area contributed by atoms with E-state index in [-0.39, 0.29) is 0 Å². The van der Waals surface area contributed by atoms with Gasteiger partial charge in [-0.3, -0.25) is 0 Å². The van der Waals surface area contributed by atoms with Gasteiger partial charge in [-0.25, -0.2) is 0 Å². The Morgan fingerprint density at radius 2 is 1.25 bits per heavy atom. The minimum atomic E-state index is 1.08. The number of thiophene rings is 1. The third-order valence-corrected chi connectivity index (χ3v) is 9.60. The van der Waals surface area contributed by atoms with Gasteiger partial charge >= 0.3 is 0 Å². The fraction of sp³-hybridized carbons (Fsp3) is 0. The molecule has 0 amide bonds. The maximum Gasteiger partial charge on any atom is 0.0858 e. The summed E-state index contributed by atoms with van der Waals surface area (Å²) in [6, 6.07) is 19.9. The highest BCUT2D eigenvalue weighted by molar-refractivity contribution is 9.14. The second-order valence-corrected chi connectivity index (χ2v) is 9.73. The van der Waals surface area contributed by atoms with E-state index in [9.17, 15) is 0 Å². The van der Waals surface area contributed by atoms with Crippen LogP contribution in [0.2, 0.25) is 0 Å². The molecular weight excluding hydrogens is 512 g/mol. The van der Waals surface area contributed by atoms with Gasteiger partial charge in [0.1, 0.15) is 0 Å². The Kier molecular flexibility index (Phi) is 3.53. The molecule has 0 bridgehead atoms. The maximum absolute atomic E-state index is 3.74. The summed E-state index contributed by atoms with van der Waals surface area (Å²) in [4.78, 5) is 1.24. The molecule has 4 aromatic carbocycles. The number of halogens is 3. The number of hydrogen-bond acceptors (Lipinski definition) is 1. The lowest BCUT2D eigenvalue weighted by atomic mass is 9.91. The minimum absolute atomic E-state index is 1.08. The van der Waals surface area contributed by atoms with E-state index in [2.05, 4.69) is 102 Å². The van der Waals surface area contributed by atoms with Gasteiger partial charge in [0, 0.05) is 5.56 Å². The van der Waals surface area contributed by atoms with Crippen LogP contribution < -0.4 is 0 Å². The lowest BCUT2D eigenvalue weighted by Gasteiger charge is -2.13. The molecule has 1 heterocycles. The summed E-state index contributed by atoms with van der Waals surface area (Å²) in [5, 5.41) is 7.92. The molecule has 0 saturated carbocycles. The molecule has 0 nitrogen and oxygen atoms in total. The highest BCUT2D eigenvalue weighted by Gasteiger charge is 2.18. The van der Waals surface area contributed by atoms with Crippen LogP contribution in [0.3, 0.4) is 0 Å². The normalized spacial score (nSPS) is 12.0. The molecule has 4 heteroatoms. The highest BCUT2D eigenvalue weighted by atomic mass is 79.9. The van der Waals surface area contributed by atoms with Gasteiger partial charge in [0.25, 0.3) is 0 Å². The van der Waals surface area contributed by atoms with Crippen molar-refractivity contribution in [2.75, 3.05) is 0 Å². The van der Waals surface area contributed by atoms with E-state index < -0.39 is 0 Å². The van der Waals surface area contributed by atoms with Crippen LogP contribution in [0.4, 0.5) is 0 Å². The fourth-order valence-corrected chi connectivity index (χ4v) is 6.63. The molecule has 0 atom stereocenters. The van der Waals surface area contributed by atoms with Gasteiger partial charge in [-0.05, 0) is 80.1 Å². The summed E-state index contributed by atoms with van der Waals surface area (Å²) in [6.45, 7) is 0. The molecule has 0 aliphatic carbocycles. The first-order valence-electron chi connectivity index (χ1n) is 7.45. The largest absolute Gasteiger partial charge is 0.126 e. The van der Waals surface area contributed by atoms with Crippen LogP contribution in [-0.2, 0) is 0 Å². The summed E-state index contributed by atoms with van der Waals surface area (Å²) < 4.78 is 3.29. The van der Waals surface area contributed by atoms with Gasteiger partial charge in [0.2, 0.25) is 0 Å². The Bertz CT molecular complexity index is 1220. The van der Waals surface area contributed by atoms with Crippen molar-refractivity contribution in [1.82, 2.24) is 0 Å². The first-order chi connectivity index (χ1) is 11.6. The molecule has 0 aliphatic rings. The molecule has 0 N–H and O–H groups in total. The van der Waals surface area contributed by atoms with E-state index in [0.29, 0.717) is 0 Å². The zero-order valence-electron chi connectivity index (χ0n) is 12.2. The smallest absolute Gasteiger partial charge is 0.0858 e. The van der Waals surface area contributed by atoms with Crippen molar-refractivity contribution in [2.45, 2.75) is 0 Å². The number of benzene rings is 4. The fourth-order valence-electron chi connectivity index (χ4n) is 3.47. The SMILES string of the molecule is Brc1sc(-c2ccc3ccc4cccc5ccc2c3c45)c(Br)c1Br. The van der Waals surface area contributed by atoms with E-state index in [0.717, 1.165) is 12.7 Å². The minimum Gasteiger partial charge on any atom is -0.126 e. The van der Waals surface area contributed by atoms with Gasteiger partial charge in [-0.1, -0.05) is 54.6 Å². The lowest BCUT2D eigenvalue weighted by Crippen LogP contribution is -1.86. The second kappa shape index (κ2) is 5.53. The Balaban J connectivity index is 1.99. The van der Waals surface area contributed by atoms with Crippen molar-refractivity contribution in [2.24, 2.45) is 0 Å². The van der Waals surface area contributed by atoms with Crippen molar-refractivity contribution < 1.29 is 0 Å². The Hall–Kier alpha value is -0.940. The topological polar surface area (TPSA) is 0 Å². The average Bonchev–Trinajstić information content (AvgIpc) is 2.87. The zero-order valence-corrected chi connectivity index (χ0v) is 17.8. The van der Waals surface area contributed by atoms with E-state index in [1.807, 2.05) is 0 Å². The maximum atomic E-state index is 3.74. The van der Waals surface area contributed by atoms with Crippen molar-refractivity contribution in [3.63, 3.8) is 0 Å². The van der Waals surface area contributed by atoms with Crippen LogP contribution in [0.25, 0.3) is 42.8 Å². The molecule has 0 unspecified atom stereocenters. The number of hydrogen-bond donors (Lipinski definition) is 0. The van der Waals surface area contributed by atoms with Crippen molar-refractivity contribution >= 4 is 91.4 Å². The van der Waals surface area contributed by atoms with Crippen molar-refractivity contribution in [3.05, 3.63) is 67.3 Å². The molecule has 0 spiro atoms. The summed E-state index contributed by atoms with van der Waals surface area (Å²) in [7, 11) is 0. The molecule has 24 heavy (non-hydrogen) atoms. The van der Waals surface area contributed by atoms with Crippen molar-refractivity contribution in [3.8, 4) is 10.4 Å². The second-order valence-electron chi connectivity index (χ2n) is 5.80. The molecule has 5 rings (SSSR count). The first kappa shape index (κ1) is 15.3. The number of rotatable bonds is 1. The quantitative estimate of drug-likeness (QED) is 0.194. The van der Waals surface area contributed by atoms with E-state index in [1.54, 1.807) is 11.3 Å².